The Morgan fingerprint density at radius 2 is 2.12 bits per heavy atom. The van der Waals surface area contributed by atoms with Crippen LogP contribution in [0.2, 0.25) is 0 Å². The Hall–Kier alpha value is -1.39. The lowest BCUT2D eigenvalue weighted by atomic mass is 10.0. The van der Waals surface area contributed by atoms with Crippen molar-refractivity contribution in [2.75, 3.05) is 13.2 Å². The predicted octanol–water partition coefficient (Wildman–Crippen LogP) is 0.332. The number of aryl methyl sites for hydroxylation is 1. The predicted molar refractivity (Wildman–Crippen MR) is 61.2 cm³/mol. The molecule has 0 saturated carbocycles. The number of carbonyl (C=O) groups is 1. The number of benzene rings is 1. The van der Waals surface area contributed by atoms with E-state index in [4.69, 9.17) is 10.2 Å². The first-order chi connectivity index (χ1) is 7.69. The molecule has 0 saturated heterocycles. The molecule has 0 aliphatic rings. The van der Waals surface area contributed by atoms with Gasteiger partial charge in [0.25, 0.3) is 5.91 Å². The van der Waals surface area contributed by atoms with Crippen LogP contribution in [0.4, 0.5) is 0 Å². The molecule has 4 heteroatoms. The van der Waals surface area contributed by atoms with Crippen LogP contribution in [0.3, 0.4) is 0 Å². The highest BCUT2D eigenvalue weighted by Crippen LogP contribution is 2.08. The van der Waals surface area contributed by atoms with Crippen molar-refractivity contribution in [1.82, 2.24) is 5.32 Å². The molecular formula is C12H17NO3. The Bertz CT molecular complexity index is 352. The van der Waals surface area contributed by atoms with E-state index in [9.17, 15) is 4.79 Å². The van der Waals surface area contributed by atoms with Crippen LogP contribution in [0.15, 0.2) is 24.3 Å². The molecule has 0 radical (unpaired) electrons. The Morgan fingerprint density at radius 3 is 2.75 bits per heavy atom. The van der Waals surface area contributed by atoms with Crippen molar-refractivity contribution in [2.24, 2.45) is 0 Å². The summed E-state index contributed by atoms with van der Waals surface area (Å²) in [5.74, 6) is -0.218. The average Bonchev–Trinajstić information content (AvgIpc) is 2.35. The summed E-state index contributed by atoms with van der Waals surface area (Å²) < 4.78 is 0. The van der Waals surface area contributed by atoms with E-state index >= 15 is 0 Å². The molecule has 1 unspecified atom stereocenters. The van der Waals surface area contributed by atoms with E-state index < -0.39 is 6.10 Å². The van der Waals surface area contributed by atoms with E-state index in [1.165, 1.54) is 0 Å². The van der Waals surface area contributed by atoms with Gasteiger partial charge in [0.2, 0.25) is 0 Å². The second kappa shape index (κ2) is 6.25. The number of rotatable bonds is 5. The molecule has 3 N–H and O–H groups in total. The van der Waals surface area contributed by atoms with Crippen LogP contribution in [-0.2, 0) is 6.42 Å². The highest BCUT2D eigenvalue weighted by Gasteiger charge is 2.10. The monoisotopic (exact) mass is 223 g/mol. The van der Waals surface area contributed by atoms with Crippen molar-refractivity contribution in [3.05, 3.63) is 35.4 Å². The molecule has 0 aliphatic heterocycles. The minimum absolute atomic E-state index is 0.0629. The number of aliphatic hydroxyl groups excluding tert-OH is 2. The van der Waals surface area contributed by atoms with Crippen molar-refractivity contribution in [2.45, 2.75) is 19.4 Å². The van der Waals surface area contributed by atoms with Crippen molar-refractivity contribution in [3.8, 4) is 0 Å². The summed E-state index contributed by atoms with van der Waals surface area (Å²) in [6.07, 6.45) is -0.121. The summed E-state index contributed by atoms with van der Waals surface area (Å²) in [4.78, 5) is 11.7. The van der Waals surface area contributed by atoms with Crippen LogP contribution >= 0.6 is 0 Å². The molecular weight excluding hydrogens is 206 g/mol. The summed E-state index contributed by atoms with van der Waals surface area (Å²) in [7, 11) is 0. The van der Waals surface area contributed by atoms with Crippen LogP contribution in [-0.4, -0.2) is 35.4 Å². The lowest BCUT2D eigenvalue weighted by Crippen LogP contribution is -2.34. The molecule has 1 aromatic rings. The molecule has 0 bridgehead atoms. The van der Waals surface area contributed by atoms with Crippen LogP contribution in [0.5, 0.6) is 0 Å². The molecule has 4 nitrogen and oxygen atoms in total. The molecule has 0 fully saturated rings. The maximum atomic E-state index is 11.7. The van der Waals surface area contributed by atoms with Crippen molar-refractivity contribution < 1.29 is 15.0 Å². The molecule has 0 heterocycles. The third kappa shape index (κ3) is 3.32. The highest BCUT2D eigenvalue weighted by molar-refractivity contribution is 5.95. The Balaban J connectivity index is 2.65. The molecule has 88 valence electrons. The van der Waals surface area contributed by atoms with E-state index in [1.807, 2.05) is 19.1 Å². The lowest BCUT2D eigenvalue weighted by Gasteiger charge is -2.11. The zero-order valence-corrected chi connectivity index (χ0v) is 9.31. The first-order valence-electron chi connectivity index (χ1n) is 5.34. The number of amides is 1. The Labute approximate surface area is 94.9 Å². The topological polar surface area (TPSA) is 69.6 Å². The number of hydrogen-bond acceptors (Lipinski definition) is 3. The van der Waals surface area contributed by atoms with Gasteiger partial charge in [-0.2, -0.15) is 0 Å². The fourth-order valence-corrected chi connectivity index (χ4v) is 1.42. The third-order valence-electron chi connectivity index (χ3n) is 2.35. The summed E-state index contributed by atoms with van der Waals surface area (Å²) in [6, 6.07) is 7.34. The van der Waals surface area contributed by atoms with Gasteiger partial charge in [0, 0.05) is 12.1 Å². The van der Waals surface area contributed by atoms with Crippen LogP contribution < -0.4 is 5.32 Å². The van der Waals surface area contributed by atoms with Gasteiger partial charge in [-0.15, -0.1) is 0 Å². The van der Waals surface area contributed by atoms with Gasteiger partial charge < -0.3 is 15.5 Å². The fraction of sp³-hybridized carbons (Fsp3) is 0.417. The van der Waals surface area contributed by atoms with Crippen LogP contribution in [0.25, 0.3) is 0 Å². The van der Waals surface area contributed by atoms with Crippen LogP contribution in [0.1, 0.15) is 22.8 Å². The van der Waals surface area contributed by atoms with E-state index in [2.05, 4.69) is 5.32 Å². The quantitative estimate of drug-likeness (QED) is 0.674. The molecule has 0 spiro atoms. The standard InChI is InChI=1S/C12H17NO3/c1-2-9-5-3-4-6-11(9)12(16)13-7-10(15)8-14/h3-6,10,14-15H,2,7-8H2,1H3,(H,13,16). The van der Waals surface area contributed by atoms with Gasteiger partial charge in [-0.3, -0.25) is 4.79 Å². The van der Waals surface area contributed by atoms with Gasteiger partial charge in [0.15, 0.2) is 0 Å². The maximum absolute atomic E-state index is 11.7. The second-order valence-electron chi connectivity index (χ2n) is 3.56. The summed E-state index contributed by atoms with van der Waals surface area (Å²) in [5.41, 5.74) is 1.59. The first kappa shape index (κ1) is 12.7. The second-order valence-corrected chi connectivity index (χ2v) is 3.56. The summed E-state index contributed by atoms with van der Waals surface area (Å²) >= 11 is 0. The van der Waals surface area contributed by atoms with E-state index in [1.54, 1.807) is 12.1 Å². The first-order valence-corrected chi connectivity index (χ1v) is 5.34. The molecule has 1 amide bonds. The van der Waals surface area contributed by atoms with Gasteiger partial charge in [0.05, 0.1) is 12.7 Å². The Kier molecular flexibility index (Phi) is 4.95. The van der Waals surface area contributed by atoms with Gasteiger partial charge in [-0.25, -0.2) is 0 Å². The maximum Gasteiger partial charge on any atom is 0.251 e. The van der Waals surface area contributed by atoms with Crippen molar-refractivity contribution in [3.63, 3.8) is 0 Å². The average molecular weight is 223 g/mol. The molecule has 1 aromatic carbocycles. The van der Waals surface area contributed by atoms with Crippen molar-refractivity contribution >= 4 is 5.91 Å². The largest absolute Gasteiger partial charge is 0.394 e. The summed E-state index contributed by atoms with van der Waals surface area (Å²) in [6.45, 7) is 1.69. The number of aliphatic hydroxyl groups is 2. The summed E-state index contributed by atoms with van der Waals surface area (Å²) in [5, 5.41) is 20.3. The number of nitrogens with one attached hydrogen (secondary N) is 1. The molecule has 0 aromatic heterocycles. The van der Waals surface area contributed by atoms with Crippen molar-refractivity contribution in [1.29, 1.82) is 0 Å². The van der Waals surface area contributed by atoms with E-state index in [0.717, 1.165) is 12.0 Å². The van der Waals surface area contributed by atoms with Gasteiger partial charge in [0.1, 0.15) is 0 Å². The SMILES string of the molecule is CCc1ccccc1C(=O)NCC(O)CO. The van der Waals surface area contributed by atoms with Gasteiger partial charge >= 0.3 is 0 Å². The molecule has 0 aliphatic carbocycles. The van der Waals surface area contributed by atoms with Gasteiger partial charge in [-0.1, -0.05) is 25.1 Å². The van der Waals surface area contributed by atoms with E-state index in [-0.39, 0.29) is 19.1 Å². The van der Waals surface area contributed by atoms with Crippen LogP contribution in [0, 0.1) is 0 Å². The fourth-order valence-electron chi connectivity index (χ4n) is 1.42. The zero-order valence-electron chi connectivity index (χ0n) is 9.31. The molecule has 16 heavy (non-hydrogen) atoms. The third-order valence-corrected chi connectivity index (χ3v) is 2.35. The highest BCUT2D eigenvalue weighted by atomic mass is 16.3. The molecule has 1 atom stereocenters. The zero-order chi connectivity index (χ0) is 12.0. The molecule has 1 rings (SSSR count). The Morgan fingerprint density at radius 1 is 1.44 bits per heavy atom. The normalized spacial score (nSPS) is 12.2. The van der Waals surface area contributed by atoms with E-state index in [0.29, 0.717) is 5.56 Å². The number of carbonyl (C=O) groups excluding carboxylic acids is 1. The lowest BCUT2D eigenvalue weighted by molar-refractivity contribution is 0.0801. The van der Waals surface area contributed by atoms with Gasteiger partial charge in [-0.05, 0) is 18.1 Å². The smallest absolute Gasteiger partial charge is 0.251 e. The minimum atomic E-state index is -0.905. The number of hydrogen-bond donors (Lipinski definition) is 3. The minimum Gasteiger partial charge on any atom is -0.394 e.